The maximum atomic E-state index is 13.7. The number of aliphatic hydroxyl groups excluding tert-OH is 1. The van der Waals surface area contributed by atoms with Gasteiger partial charge in [-0.05, 0) is 68.1 Å². The molecule has 0 saturated heterocycles. The molecule has 4 saturated carbocycles. The molecular formula is C22H39NO3S. The Morgan fingerprint density at radius 3 is 1.70 bits per heavy atom. The highest BCUT2D eigenvalue weighted by Gasteiger charge is 2.78. The minimum absolute atomic E-state index is 0.107. The summed E-state index contributed by atoms with van der Waals surface area (Å²) in [6.07, 6.45) is 12.7. The molecule has 0 aliphatic heterocycles. The average molecular weight is 398 g/mol. The van der Waals surface area contributed by atoms with Crippen molar-refractivity contribution < 1.29 is 13.5 Å². The van der Waals surface area contributed by atoms with Crippen LogP contribution in [0.2, 0.25) is 0 Å². The number of nitrogens with two attached hydrogens (primary N) is 1. The lowest BCUT2D eigenvalue weighted by molar-refractivity contribution is -0.0876. The van der Waals surface area contributed by atoms with Gasteiger partial charge in [-0.3, -0.25) is 0 Å². The van der Waals surface area contributed by atoms with Gasteiger partial charge in [0.05, 0.1) is 6.10 Å². The third-order valence-electron chi connectivity index (χ3n) is 9.73. The number of sulfonamides is 1. The van der Waals surface area contributed by atoms with Crippen LogP contribution < -0.4 is 5.14 Å². The number of hydrogen-bond donors (Lipinski definition) is 2. The van der Waals surface area contributed by atoms with Crippen LogP contribution in [0.5, 0.6) is 0 Å². The number of fused-ring (bicyclic) bond motifs is 2. The molecule has 156 valence electrons. The fourth-order valence-electron chi connectivity index (χ4n) is 8.73. The maximum absolute atomic E-state index is 13.7. The fourth-order valence-corrected chi connectivity index (χ4v) is 11.1. The summed E-state index contributed by atoms with van der Waals surface area (Å²) >= 11 is 0. The molecule has 0 aromatic heterocycles. The van der Waals surface area contributed by atoms with Crippen LogP contribution in [0.1, 0.15) is 97.3 Å². The molecule has 3 atom stereocenters. The van der Waals surface area contributed by atoms with E-state index in [9.17, 15) is 13.5 Å². The summed E-state index contributed by atoms with van der Waals surface area (Å²) in [7, 11) is -3.82. The Hall–Kier alpha value is -0.130. The zero-order valence-electron chi connectivity index (χ0n) is 17.3. The Balaban J connectivity index is 1.97. The molecule has 0 aromatic carbocycles. The molecule has 0 amide bonds. The quantitative estimate of drug-likeness (QED) is 0.739. The van der Waals surface area contributed by atoms with Crippen molar-refractivity contribution in [3.05, 3.63) is 0 Å². The van der Waals surface area contributed by atoms with Gasteiger partial charge in [-0.25, -0.2) is 13.6 Å². The number of primary sulfonamides is 1. The first-order valence-electron chi connectivity index (χ1n) is 11.4. The fraction of sp³-hybridized carbons (Fsp3) is 1.00. The second-order valence-corrected chi connectivity index (χ2v) is 12.5. The lowest BCUT2D eigenvalue weighted by atomic mass is 9.50. The smallest absolute Gasteiger partial charge is 0.216 e. The van der Waals surface area contributed by atoms with Crippen molar-refractivity contribution in [2.45, 2.75) is 108 Å². The van der Waals surface area contributed by atoms with Crippen LogP contribution in [0.25, 0.3) is 0 Å². The van der Waals surface area contributed by atoms with Crippen LogP contribution in [-0.2, 0) is 10.0 Å². The van der Waals surface area contributed by atoms with E-state index < -0.39 is 26.3 Å². The molecule has 4 fully saturated rings. The SMILES string of the molecule is CC1(C)C2CCC1(C(C1CCCCC1)(C1CCCCC1)S(N)(=O)=O)C(O)C2. The molecule has 27 heavy (non-hydrogen) atoms. The van der Waals surface area contributed by atoms with Crippen LogP contribution >= 0.6 is 0 Å². The zero-order chi connectivity index (χ0) is 19.5. The first-order chi connectivity index (χ1) is 12.7. The van der Waals surface area contributed by atoms with Crippen molar-refractivity contribution in [2.75, 3.05) is 0 Å². The molecule has 2 bridgehead atoms. The molecule has 4 nitrogen and oxygen atoms in total. The van der Waals surface area contributed by atoms with E-state index in [-0.39, 0.29) is 17.3 Å². The van der Waals surface area contributed by atoms with Crippen molar-refractivity contribution in [3.8, 4) is 0 Å². The standard InChI is InChI=1S/C22H39NO3S/c1-20(2)18-13-14-21(20,19(24)15-18)22(27(23,25)26,16-9-5-3-6-10-16)17-11-7-4-8-12-17/h16-19,24H,3-15H2,1-2H3,(H2,23,25,26). The monoisotopic (exact) mass is 397 g/mol. The van der Waals surface area contributed by atoms with Crippen molar-refractivity contribution >= 4 is 10.0 Å². The van der Waals surface area contributed by atoms with Gasteiger partial charge in [-0.15, -0.1) is 0 Å². The van der Waals surface area contributed by atoms with E-state index in [4.69, 9.17) is 5.14 Å². The van der Waals surface area contributed by atoms with Crippen LogP contribution in [0.4, 0.5) is 0 Å². The van der Waals surface area contributed by atoms with Gasteiger partial charge >= 0.3 is 0 Å². The molecule has 4 rings (SSSR count). The zero-order valence-corrected chi connectivity index (χ0v) is 18.1. The molecule has 0 heterocycles. The molecule has 3 unspecified atom stereocenters. The van der Waals surface area contributed by atoms with E-state index >= 15 is 0 Å². The molecule has 0 spiro atoms. The van der Waals surface area contributed by atoms with Crippen LogP contribution in [0.15, 0.2) is 0 Å². The molecule has 4 aliphatic carbocycles. The van der Waals surface area contributed by atoms with Crippen molar-refractivity contribution in [3.63, 3.8) is 0 Å². The first kappa shape index (κ1) is 20.2. The lowest BCUT2D eigenvalue weighted by Gasteiger charge is -2.61. The summed E-state index contributed by atoms with van der Waals surface area (Å²) in [4.78, 5) is 0. The highest BCUT2D eigenvalue weighted by Crippen LogP contribution is 2.75. The largest absolute Gasteiger partial charge is 0.392 e. The molecule has 5 heteroatoms. The Labute approximate surface area is 165 Å². The minimum atomic E-state index is -3.82. The van der Waals surface area contributed by atoms with Gasteiger partial charge in [0, 0.05) is 5.41 Å². The van der Waals surface area contributed by atoms with Gasteiger partial charge in [-0.1, -0.05) is 52.4 Å². The van der Waals surface area contributed by atoms with Crippen molar-refractivity contribution in [2.24, 2.45) is 33.7 Å². The third kappa shape index (κ3) is 2.49. The van der Waals surface area contributed by atoms with Gasteiger partial charge in [-0.2, -0.15) is 0 Å². The summed E-state index contributed by atoms with van der Waals surface area (Å²) in [5.41, 5.74) is -0.754. The van der Waals surface area contributed by atoms with E-state index in [1.165, 1.54) is 12.8 Å². The maximum Gasteiger partial charge on any atom is 0.216 e. The van der Waals surface area contributed by atoms with E-state index in [0.29, 0.717) is 5.92 Å². The Kier molecular flexibility index (Phi) is 5.00. The number of hydrogen-bond acceptors (Lipinski definition) is 3. The van der Waals surface area contributed by atoms with Gasteiger partial charge < -0.3 is 5.11 Å². The normalized spacial score (nSPS) is 38.4. The van der Waals surface area contributed by atoms with E-state index in [0.717, 1.165) is 70.6 Å². The van der Waals surface area contributed by atoms with Crippen LogP contribution in [0.3, 0.4) is 0 Å². The van der Waals surface area contributed by atoms with Crippen molar-refractivity contribution in [1.29, 1.82) is 0 Å². The van der Waals surface area contributed by atoms with E-state index in [2.05, 4.69) is 13.8 Å². The molecule has 0 radical (unpaired) electrons. The third-order valence-corrected chi connectivity index (χ3v) is 11.7. The average Bonchev–Trinajstić information content (AvgIpc) is 2.99. The summed E-state index contributed by atoms with van der Waals surface area (Å²) in [5.74, 6) is 0.631. The topological polar surface area (TPSA) is 80.4 Å². The first-order valence-corrected chi connectivity index (χ1v) is 12.9. The van der Waals surface area contributed by atoms with Crippen LogP contribution in [-0.4, -0.2) is 24.4 Å². The van der Waals surface area contributed by atoms with E-state index in [1.54, 1.807) is 0 Å². The molecule has 4 aliphatic rings. The molecule has 3 N–H and O–H groups in total. The second kappa shape index (κ2) is 6.70. The van der Waals surface area contributed by atoms with Crippen LogP contribution in [0, 0.1) is 28.6 Å². The highest BCUT2D eigenvalue weighted by atomic mass is 32.2. The summed E-state index contributed by atoms with van der Waals surface area (Å²) in [6, 6.07) is 0. The highest BCUT2D eigenvalue weighted by molar-refractivity contribution is 7.90. The summed E-state index contributed by atoms with van der Waals surface area (Å²) < 4.78 is 26.5. The molecule has 0 aromatic rings. The Bertz CT molecular complexity index is 643. The predicted molar refractivity (Wildman–Crippen MR) is 109 cm³/mol. The number of rotatable bonds is 4. The van der Waals surface area contributed by atoms with Gasteiger partial charge in [0.15, 0.2) is 0 Å². The summed E-state index contributed by atoms with van der Waals surface area (Å²) in [6.45, 7) is 4.49. The van der Waals surface area contributed by atoms with E-state index in [1.807, 2.05) is 0 Å². The van der Waals surface area contributed by atoms with Gasteiger partial charge in [0.1, 0.15) is 4.75 Å². The Morgan fingerprint density at radius 2 is 1.37 bits per heavy atom. The van der Waals surface area contributed by atoms with Crippen molar-refractivity contribution in [1.82, 2.24) is 0 Å². The van der Waals surface area contributed by atoms with Gasteiger partial charge in [0.2, 0.25) is 10.0 Å². The Morgan fingerprint density at radius 1 is 0.889 bits per heavy atom. The lowest BCUT2D eigenvalue weighted by Crippen LogP contribution is -2.70. The number of aliphatic hydroxyl groups is 1. The minimum Gasteiger partial charge on any atom is -0.392 e. The second-order valence-electron chi connectivity index (χ2n) is 10.7. The van der Waals surface area contributed by atoms with Gasteiger partial charge in [0.25, 0.3) is 0 Å². The summed E-state index contributed by atoms with van der Waals surface area (Å²) in [5, 5.41) is 17.7. The predicted octanol–water partition coefficient (Wildman–Crippen LogP) is 4.36. The molecular weight excluding hydrogens is 358 g/mol.